The summed E-state index contributed by atoms with van der Waals surface area (Å²) in [6.07, 6.45) is 10.1. The average Bonchev–Trinajstić information content (AvgIpc) is 2.39. The van der Waals surface area contributed by atoms with E-state index in [0.29, 0.717) is 12.8 Å². The van der Waals surface area contributed by atoms with Crippen molar-refractivity contribution in [1.82, 2.24) is 0 Å². The molecular weight excluding hydrogens is 311 g/mol. The van der Waals surface area contributed by atoms with Crippen LogP contribution in [-0.4, -0.2) is 29.4 Å². The van der Waals surface area contributed by atoms with Gasteiger partial charge in [0.05, 0.1) is 16.2 Å². The van der Waals surface area contributed by atoms with Crippen LogP contribution in [-0.2, 0) is 10.1 Å². The van der Waals surface area contributed by atoms with Crippen molar-refractivity contribution in [2.24, 2.45) is 0 Å². The van der Waals surface area contributed by atoms with Gasteiger partial charge >= 0.3 is 29.6 Å². The van der Waals surface area contributed by atoms with Gasteiger partial charge in [0.15, 0.2) is 0 Å². The average molecular weight is 344 g/mol. The Morgan fingerprint density at radius 3 is 1.77 bits per heavy atom. The first-order valence-electron chi connectivity index (χ1n) is 8.54. The van der Waals surface area contributed by atoms with E-state index in [2.05, 4.69) is 13.8 Å². The molecule has 2 atom stereocenters. The van der Waals surface area contributed by atoms with E-state index in [1.165, 1.54) is 0 Å². The molecule has 0 aromatic heterocycles. The number of aliphatic hydroxyl groups excluding tert-OH is 1. The predicted octanol–water partition coefficient (Wildman–Crippen LogP) is 0.986. The van der Waals surface area contributed by atoms with Gasteiger partial charge in [0.25, 0.3) is 0 Å². The molecule has 6 heteroatoms. The molecule has 0 rings (SSSR count). The zero-order valence-corrected chi connectivity index (χ0v) is 17.5. The van der Waals surface area contributed by atoms with E-state index in [1.54, 1.807) is 0 Å². The Bertz CT molecular complexity index is 333. The summed E-state index contributed by atoms with van der Waals surface area (Å²) >= 11 is 0. The van der Waals surface area contributed by atoms with Crippen LogP contribution in [0.1, 0.15) is 90.9 Å². The minimum absolute atomic E-state index is 0. The van der Waals surface area contributed by atoms with Crippen LogP contribution in [0.3, 0.4) is 0 Å². The largest absolute Gasteiger partial charge is 1.00 e. The quantitative estimate of drug-likeness (QED) is 0.290. The second kappa shape index (κ2) is 15.4. The fraction of sp³-hybridized carbons (Fsp3) is 1.00. The Kier molecular flexibility index (Phi) is 17.6. The topological polar surface area (TPSA) is 77.4 Å². The first-order valence-corrected chi connectivity index (χ1v) is 10.0. The van der Waals surface area contributed by atoms with Gasteiger partial charge < -0.3 is 9.66 Å². The number of unbranched alkanes of at least 4 members (excludes halogenated alkanes) is 5. The number of hydrogen-bond donors (Lipinski definition) is 1. The van der Waals surface area contributed by atoms with Crippen molar-refractivity contribution in [2.75, 3.05) is 0 Å². The van der Waals surface area contributed by atoms with Crippen molar-refractivity contribution < 1.29 is 47.6 Å². The second-order valence-corrected chi connectivity index (χ2v) is 7.70. The Balaban J connectivity index is 0. The van der Waals surface area contributed by atoms with Gasteiger partial charge in [-0.15, -0.1) is 0 Å². The summed E-state index contributed by atoms with van der Waals surface area (Å²) in [6.45, 7) is 4.12. The molecule has 0 bridgehead atoms. The first kappa shape index (κ1) is 25.1. The molecule has 0 saturated heterocycles. The zero-order valence-electron chi connectivity index (χ0n) is 14.7. The molecule has 0 aliphatic carbocycles. The third kappa shape index (κ3) is 14.5. The molecule has 0 aromatic carbocycles. The van der Waals surface area contributed by atoms with Crippen LogP contribution in [0.25, 0.3) is 0 Å². The standard InChI is InChI=1S/C16H34O4S.Na/c1-3-5-8-13-16(21(18,19)20)14-10-7-6-9-12-15(17)11-4-2;/h15-17H,3-14H2,1-2H3,(H,18,19,20);/q;+1/p-1. The van der Waals surface area contributed by atoms with Gasteiger partial charge in [0, 0.05) is 5.25 Å². The maximum Gasteiger partial charge on any atom is 1.00 e. The SMILES string of the molecule is CCCCCC(CCCCCCC(O)CCC)S(=O)(=O)[O-].[Na+]. The molecule has 4 nitrogen and oxygen atoms in total. The second-order valence-electron chi connectivity index (χ2n) is 6.04. The van der Waals surface area contributed by atoms with E-state index in [9.17, 15) is 18.1 Å². The summed E-state index contributed by atoms with van der Waals surface area (Å²) in [7, 11) is -4.15. The van der Waals surface area contributed by atoms with Gasteiger partial charge in [-0.2, -0.15) is 0 Å². The summed E-state index contributed by atoms with van der Waals surface area (Å²) < 4.78 is 33.7. The molecule has 0 radical (unpaired) electrons. The van der Waals surface area contributed by atoms with Crippen molar-refractivity contribution in [3.8, 4) is 0 Å². The molecular formula is C16H33NaO4S. The molecule has 22 heavy (non-hydrogen) atoms. The van der Waals surface area contributed by atoms with Crippen molar-refractivity contribution >= 4 is 10.1 Å². The summed E-state index contributed by atoms with van der Waals surface area (Å²) in [4.78, 5) is 0. The molecule has 0 heterocycles. The third-order valence-corrected chi connectivity index (χ3v) is 5.26. The van der Waals surface area contributed by atoms with Gasteiger partial charge in [-0.05, 0) is 25.7 Å². The minimum Gasteiger partial charge on any atom is -0.748 e. The fourth-order valence-electron chi connectivity index (χ4n) is 2.64. The Hall–Kier alpha value is 0.870. The molecule has 0 aliphatic heterocycles. The van der Waals surface area contributed by atoms with Crippen molar-refractivity contribution in [1.29, 1.82) is 0 Å². The molecule has 128 valence electrons. The predicted molar refractivity (Wildman–Crippen MR) is 86.2 cm³/mol. The molecule has 0 saturated carbocycles. The van der Waals surface area contributed by atoms with E-state index in [1.807, 2.05) is 0 Å². The zero-order chi connectivity index (χ0) is 16.1. The maximum atomic E-state index is 11.2. The normalized spacial score (nSPS) is 14.4. The molecule has 0 amide bonds. The summed E-state index contributed by atoms with van der Waals surface area (Å²) in [6, 6.07) is 0. The Morgan fingerprint density at radius 2 is 1.32 bits per heavy atom. The van der Waals surface area contributed by atoms with Crippen LogP contribution in [0.5, 0.6) is 0 Å². The minimum atomic E-state index is -4.15. The number of aliphatic hydroxyl groups is 1. The third-order valence-electron chi connectivity index (χ3n) is 3.97. The van der Waals surface area contributed by atoms with Gasteiger partial charge in [-0.25, -0.2) is 8.42 Å². The molecule has 0 aromatic rings. The van der Waals surface area contributed by atoms with Crippen molar-refractivity contribution in [2.45, 2.75) is 102 Å². The van der Waals surface area contributed by atoms with Crippen LogP contribution in [0.4, 0.5) is 0 Å². The van der Waals surface area contributed by atoms with Crippen LogP contribution >= 0.6 is 0 Å². The van der Waals surface area contributed by atoms with E-state index in [-0.39, 0.29) is 35.7 Å². The van der Waals surface area contributed by atoms with E-state index >= 15 is 0 Å². The van der Waals surface area contributed by atoms with Crippen LogP contribution < -0.4 is 29.6 Å². The van der Waals surface area contributed by atoms with Crippen molar-refractivity contribution in [3.05, 3.63) is 0 Å². The van der Waals surface area contributed by atoms with Gasteiger partial charge in [-0.1, -0.05) is 65.2 Å². The van der Waals surface area contributed by atoms with Crippen LogP contribution in [0, 0.1) is 0 Å². The molecule has 0 spiro atoms. The first-order chi connectivity index (χ1) is 9.91. The van der Waals surface area contributed by atoms with Crippen molar-refractivity contribution in [3.63, 3.8) is 0 Å². The summed E-state index contributed by atoms with van der Waals surface area (Å²) in [5.74, 6) is 0. The monoisotopic (exact) mass is 344 g/mol. The summed E-state index contributed by atoms with van der Waals surface area (Å²) in [5, 5.41) is 8.90. The Morgan fingerprint density at radius 1 is 0.818 bits per heavy atom. The van der Waals surface area contributed by atoms with E-state index in [0.717, 1.165) is 64.2 Å². The molecule has 0 fully saturated rings. The van der Waals surface area contributed by atoms with Gasteiger partial charge in [-0.3, -0.25) is 0 Å². The maximum absolute atomic E-state index is 11.2. The van der Waals surface area contributed by atoms with Gasteiger partial charge in [0.2, 0.25) is 0 Å². The van der Waals surface area contributed by atoms with Gasteiger partial charge in [0.1, 0.15) is 0 Å². The van der Waals surface area contributed by atoms with E-state index < -0.39 is 15.4 Å². The number of rotatable bonds is 14. The molecule has 0 aliphatic rings. The van der Waals surface area contributed by atoms with Crippen LogP contribution in [0.2, 0.25) is 0 Å². The molecule has 1 N–H and O–H groups in total. The van der Waals surface area contributed by atoms with Crippen LogP contribution in [0.15, 0.2) is 0 Å². The van der Waals surface area contributed by atoms with E-state index in [4.69, 9.17) is 0 Å². The number of hydrogen-bond acceptors (Lipinski definition) is 4. The summed E-state index contributed by atoms with van der Waals surface area (Å²) in [5.41, 5.74) is 0. The smallest absolute Gasteiger partial charge is 0.748 e. The molecule has 2 unspecified atom stereocenters. The fourth-order valence-corrected chi connectivity index (χ4v) is 3.55. The Labute approximate surface area is 159 Å².